The summed E-state index contributed by atoms with van der Waals surface area (Å²) in [5, 5.41) is 0. The van der Waals surface area contributed by atoms with Gasteiger partial charge in [-0.05, 0) is 37.5 Å². The van der Waals surface area contributed by atoms with E-state index < -0.39 is 10.0 Å². The van der Waals surface area contributed by atoms with E-state index in [0.29, 0.717) is 22.7 Å². The van der Waals surface area contributed by atoms with Crippen molar-refractivity contribution in [2.45, 2.75) is 38.5 Å². The van der Waals surface area contributed by atoms with Crippen molar-refractivity contribution < 1.29 is 8.42 Å². The molecule has 0 atom stereocenters. The summed E-state index contributed by atoms with van der Waals surface area (Å²) in [5.41, 5.74) is 7.70. The van der Waals surface area contributed by atoms with E-state index in [1.54, 1.807) is 33.0 Å². The molecule has 1 rings (SSSR count). The summed E-state index contributed by atoms with van der Waals surface area (Å²) in [6.07, 6.45) is 1.82. The summed E-state index contributed by atoms with van der Waals surface area (Å²) >= 11 is 0. The molecule has 0 aliphatic rings. The first-order chi connectivity index (χ1) is 8.32. The Morgan fingerprint density at radius 3 is 2.44 bits per heavy atom. The van der Waals surface area contributed by atoms with Crippen LogP contribution in [-0.2, 0) is 10.0 Å². The molecule has 18 heavy (non-hydrogen) atoms. The summed E-state index contributed by atoms with van der Waals surface area (Å²) < 4.78 is 26.4. The number of nitrogen functional groups attached to an aromatic ring is 1. The topological polar surface area (TPSA) is 63.4 Å². The zero-order valence-corrected chi connectivity index (χ0v) is 12.3. The maximum absolute atomic E-state index is 12.5. The second-order valence-corrected chi connectivity index (χ2v) is 6.59. The first kappa shape index (κ1) is 15.0. The Balaban J connectivity index is 3.24. The van der Waals surface area contributed by atoms with E-state index in [1.807, 2.05) is 6.92 Å². The van der Waals surface area contributed by atoms with E-state index in [1.165, 1.54) is 4.31 Å². The van der Waals surface area contributed by atoms with Gasteiger partial charge in [0, 0.05) is 19.3 Å². The number of nitrogens with zero attached hydrogens (tertiary/aromatic N) is 1. The van der Waals surface area contributed by atoms with Gasteiger partial charge in [0.2, 0.25) is 10.0 Å². The number of rotatable bonds is 5. The van der Waals surface area contributed by atoms with E-state index in [-0.39, 0.29) is 0 Å². The molecule has 0 aromatic heterocycles. The smallest absolute Gasteiger partial charge is 0.243 e. The molecule has 0 aliphatic carbocycles. The number of hydrogen-bond acceptors (Lipinski definition) is 3. The van der Waals surface area contributed by atoms with E-state index in [9.17, 15) is 8.42 Å². The van der Waals surface area contributed by atoms with Crippen LogP contribution in [0.1, 0.15) is 30.9 Å². The minimum absolute atomic E-state index is 0.348. The van der Waals surface area contributed by atoms with Crippen LogP contribution in [0.5, 0.6) is 0 Å². The van der Waals surface area contributed by atoms with Crippen molar-refractivity contribution in [3.05, 3.63) is 23.3 Å². The molecule has 0 fully saturated rings. The van der Waals surface area contributed by atoms with Crippen molar-refractivity contribution in [1.82, 2.24) is 4.31 Å². The van der Waals surface area contributed by atoms with Gasteiger partial charge in [0.1, 0.15) is 0 Å². The van der Waals surface area contributed by atoms with Crippen LogP contribution in [0.3, 0.4) is 0 Å². The minimum Gasteiger partial charge on any atom is -0.398 e. The van der Waals surface area contributed by atoms with E-state index in [2.05, 4.69) is 0 Å². The van der Waals surface area contributed by atoms with Crippen molar-refractivity contribution in [3.63, 3.8) is 0 Å². The monoisotopic (exact) mass is 270 g/mol. The quantitative estimate of drug-likeness (QED) is 0.835. The van der Waals surface area contributed by atoms with Gasteiger partial charge in [-0.1, -0.05) is 19.4 Å². The third-order valence-corrected chi connectivity index (χ3v) is 5.29. The first-order valence-electron chi connectivity index (χ1n) is 6.14. The Hall–Kier alpha value is -1.07. The van der Waals surface area contributed by atoms with Crippen molar-refractivity contribution in [1.29, 1.82) is 0 Å². The van der Waals surface area contributed by atoms with E-state index in [4.69, 9.17) is 5.73 Å². The zero-order chi connectivity index (χ0) is 13.9. The molecule has 0 unspecified atom stereocenters. The molecule has 5 heteroatoms. The summed E-state index contributed by atoms with van der Waals surface area (Å²) in [6, 6.07) is 3.50. The van der Waals surface area contributed by atoms with Crippen molar-refractivity contribution >= 4 is 15.7 Å². The molecule has 0 saturated heterocycles. The Bertz CT molecular complexity index is 524. The normalized spacial score (nSPS) is 12.1. The summed E-state index contributed by atoms with van der Waals surface area (Å²) in [7, 11) is -1.82. The van der Waals surface area contributed by atoms with Gasteiger partial charge < -0.3 is 5.73 Å². The molecule has 102 valence electrons. The van der Waals surface area contributed by atoms with Crippen LogP contribution in [0.15, 0.2) is 17.0 Å². The number of unbranched alkanes of at least 4 members (excludes halogenated alkanes) is 1. The number of nitrogens with two attached hydrogens (primary N) is 1. The van der Waals surface area contributed by atoms with Gasteiger partial charge in [-0.15, -0.1) is 0 Å². The standard InChI is InChI=1S/C13H22N2O2S/c1-5-6-9-15(4)18(16,17)13-10(2)7-8-12(14)11(13)3/h7-8H,5-6,9,14H2,1-4H3. The molecule has 4 nitrogen and oxygen atoms in total. The van der Waals surface area contributed by atoms with Crippen LogP contribution >= 0.6 is 0 Å². The van der Waals surface area contributed by atoms with Crippen molar-refractivity contribution in [2.24, 2.45) is 0 Å². The van der Waals surface area contributed by atoms with Crippen LogP contribution in [-0.4, -0.2) is 26.3 Å². The van der Waals surface area contributed by atoms with E-state index in [0.717, 1.165) is 18.4 Å². The highest BCUT2D eigenvalue weighted by molar-refractivity contribution is 7.89. The largest absolute Gasteiger partial charge is 0.398 e. The second kappa shape index (κ2) is 5.71. The number of hydrogen-bond donors (Lipinski definition) is 1. The third-order valence-electron chi connectivity index (χ3n) is 3.14. The highest BCUT2D eigenvalue weighted by Crippen LogP contribution is 2.27. The van der Waals surface area contributed by atoms with Gasteiger partial charge in [0.15, 0.2) is 0 Å². The number of benzene rings is 1. The highest BCUT2D eigenvalue weighted by atomic mass is 32.2. The lowest BCUT2D eigenvalue weighted by atomic mass is 10.1. The fraction of sp³-hybridized carbons (Fsp3) is 0.538. The fourth-order valence-corrected chi connectivity index (χ4v) is 3.56. The predicted molar refractivity (Wildman–Crippen MR) is 75.1 cm³/mol. The lowest BCUT2D eigenvalue weighted by molar-refractivity contribution is 0.458. The minimum atomic E-state index is -3.44. The Morgan fingerprint density at radius 2 is 1.89 bits per heavy atom. The average molecular weight is 270 g/mol. The molecule has 0 amide bonds. The summed E-state index contributed by atoms with van der Waals surface area (Å²) in [4.78, 5) is 0.348. The molecule has 1 aromatic rings. The highest BCUT2D eigenvalue weighted by Gasteiger charge is 2.25. The number of anilines is 1. The van der Waals surface area contributed by atoms with Crippen molar-refractivity contribution in [3.8, 4) is 0 Å². The van der Waals surface area contributed by atoms with Gasteiger partial charge in [-0.2, -0.15) is 0 Å². The van der Waals surface area contributed by atoms with Gasteiger partial charge in [0.05, 0.1) is 4.90 Å². The number of sulfonamides is 1. The second-order valence-electron chi connectivity index (χ2n) is 4.61. The molecular weight excluding hydrogens is 248 g/mol. The molecule has 0 saturated carbocycles. The van der Waals surface area contributed by atoms with Crippen LogP contribution in [0.25, 0.3) is 0 Å². The SMILES string of the molecule is CCCCN(C)S(=O)(=O)c1c(C)ccc(N)c1C. The predicted octanol–water partition coefficient (Wildman–Crippen LogP) is 2.31. The molecule has 2 N–H and O–H groups in total. The molecule has 0 spiro atoms. The molecule has 0 bridgehead atoms. The zero-order valence-electron chi connectivity index (χ0n) is 11.5. The number of aryl methyl sites for hydroxylation is 1. The first-order valence-corrected chi connectivity index (χ1v) is 7.58. The molecule has 0 heterocycles. The van der Waals surface area contributed by atoms with Crippen LogP contribution < -0.4 is 5.73 Å². The maximum atomic E-state index is 12.5. The van der Waals surface area contributed by atoms with Gasteiger partial charge in [-0.3, -0.25) is 0 Å². The lowest BCUT2D eigenvalue weighted by Crippen LogP contribution is -2.29. The third kappa shape index (κ3) is 2.84. The van der Waals surface area contributed by atoms with Gasteiger partial charge in [0.25, 0.3) is 0 Å². The fourth-order valence-electron chi connectivity index (χ4n) is 1.90. The maximum Gasteiger partial charge on any atom is 0.243 e. The molecule has 0 aliphatic heterocycles. The Labute approximate surface area is 110 Å². The van der Waals surface area contributed by atoms with Crippen LogP contribution in [0.4, 0.5) is 5.69 Å². The van der Waals surface area contributed by atoms with Gasteiger partial charge >= 0.3 is 0 Å². The Kier molecular flexibility index (Phi) is 4.76. The van der Waals surface area contributed by atoms with Gasteiger partial charge in [-0.25, -0.2) is 12.7 Å². The van der Waals surface area contributed by atoms with Crippen LogP contribution in [0.2, 0.25) is 0 Å². The molecule has 0 radical (unpaired) electrons. The van der Waals surface area contributed by atoms with Crippen molar-refractivity contribution in [2.75, 3.05) is 19.3 Å². The average Bonchev–Trinajstić information content (AvgIpc) is 2.31. The van der Waals surface area contributed by atoms with Crippen LogP contribution in [0, 0.1) is 13.8 Å². The Morgan fingerprint density at radius 1 is 1.28 bits per heavy atom. The molecular formula is C13H22N2O2S. The molecule has 1 aromatic carbocycles. The summed E-state index contributed by atoms with van der Waals surface area (Å²) in [6.45, 7) is 6.12. The summed E-state index contributed by atoms with van der Waals surface area (Å²) in [5.74, 6) is 0. The lowest BCUT2D eigenvalue weighted by Gasteiger charge is -2.20. The van der Waals surface area contributed by atoms with E-state index >= 15 is 0 Å².